The van der Waals surface area contributed by atoms with Crippen LogP contribution in [0.2, 0.25) is 21.7 Å². The minimum atomic E-state index is -0.797. The molecule has 35 heavy (non-hydrogen) atoms. The summed E-state index contributed by atoms with van der Waals surface area (Å²) >= 11 is 5.23. The third-order valence-corrected chi connectivity index (χ3v) is 8.08. The fourth-order valence-electron chi connectivity index (χ4n) is 3.57. The molecule has 3 aromatic carbocycles. The standard InChI is InChI=1S/C29H28AsClN2O2/c1-30(2)17-18-32-29(34)27(19-21-7-12-24(31)13-8-21)22-10-15-26(16-11-22)35-20-25-14-9-23-5-3-4-6-28(23)33-25/h3-16,19H,17-18,20H2,1-2H3,(H,32,34). The summed E-state index contributed by atoms with van der Waals surface area (Å²) in [6, 6.07) is 27.1. The van der Waals surface area contributed by atoms with Crippen molar-refractivity contribution in [2.45, 2.75) is 23.2 Å². The van der Waals surface area contributed by atoms with Crippen LogP contribution in [0.4, 0.5) is 0 Å². The van der Waals surface area contributed by atoms with Gasteiger partial charge in [0.05, 0.1) is 5.52 Å². The van der Waals surface area contributed by atoms with Gasteiger partial charge < -0.3 is 0 Å². The number of pyridine rings is 1. The monoisotopic (exact) mass is 546 g/mol. The van der Waals surface area contributed by atoms with E-state index in [0.29, 0.717) is 23.7 Å². The zero-order valence-electron chi connectivity index (χ0n) is 19.9. The maximum atomic E-state index is 13.1. The van der Waals surface area contributed by atoms with E-state index >= 15 is 0 Å². The molecule has 0 aliphatic heterocycles. The average Bonchev–Trinajstić information content (AvgIpc) is 2.87. The van der Waals surface area contributed by atoms with Gasteiger partial charge in [-0.15, -0.1) is 0 Å². The van der Waals surface area contributed by atoms with Gasteiger partial charge in [-0.05, 0) is 12.1 Å². The number of para-hydroxylation sites is 1. The number of carbonyl (C=O) groups is 1. The molecule has 0 saturated heterocycles. The topological polar surface area (TPSA) is 51.2 Å². The SMILES string of the molecule is C[As](C)CCNC(=O)C(=Cc1ccc(Cl)cc1)c1ccc(OCc2ccc3ccccc3n2)cc1. The van der Waals surface area contributed by atoms with Gasteiger partial charge in [-0.2, -0.15) is 0 Å². The second-order valence-corrected chi connectivity index (χ2v) is 14.4. The first kappa shape index (κ1) is 25.0. The summed E-state index contributed by atoms with van der Waals surface area (Å²) in [4.78, 5) is 17.7. The molecular weight excluding hydrogens is 519 g/mol. The van der Waals surface area contributed by atoms with Crippen molar-refractivity contribution in [3.63, 3.8) is 0 Å². The number of hydrogen-bond acceptors (Lipinski definition) is 3. The predicted octanol–water partition coefficient (Wildman–Crippen LogP) is 6.88. The first-order valence-electron chi connectivity index (χ1n) is 11.5. The molecular formula is C29H28AsClN2O2. The molecule has 4 rings (SSSR count). The normalized spacial score (nSPS) is 11.6. The number of rotatable bonds is 9. The Kier molecular flexibility index (Phi) is 8.63. The van der Waals surface area contributed by atoms with Crippen LogP contribution in [-0.4, -0.2) is 32.1 Å². The summed E-state index contributed by atoms with van der Waals surface area (Å²) in [5.74, 6) is 0.644. The Balaban J connectivity index is 1.49. The number of benzene rings is 3. The van der Waals surface area contributed by atoms with Gasteiger partial charge in [0.2, 0.25) is 0 Å². The molecule has 0 atom stereocenters. The number of nitrogens with zero attached hydrogens (tertiary/aromatic N) is 1. The van der Waals surface area contributed by atoms with Crippen molar-refractivity contribution >= 4 is 54.7 Å². The molecule has 1 N–H and O–H groups in total. The van der Waals surface area contributed by atoms with Gasteiger partial charge in [-0.3, -0.25) is 0 Å². The summed E-state index contributed by atoms with van der Waals surface area (Å²) in [5.41, 5.74) is 8.75. The average molecular weight is 547 g/mol. The van der Waals surface area contributed by atoms with Crippen LogP contribution in [0.1, 0.15) is 16.8 Å². The fourth-order valence-corrected chi connectivity index (χ4v) is 4.87. The van der Waals surface area contributed by atoms with Crippen molar-refractivity contribution in [2.24, 2.45) is 0 Å². The van der Waals surface area contributed by atoms with Gasteiger partial charge >= 0.3 is 165 Å². The first-order valence-corrected chi connectivity index (χ1v) is 16.9. The Morgan fingerprint density at radius 2 is 1.71 bits per heavy atom. The second-order valence-electron chi connectivity index (χ2n) is 8.48. The van der Waals surface area contributed by atoms with Gasteiger partial charge in [0.25, 0.3) is 0 Å². The van der Waals surface area contributed by atoms with Crippen LogP contribution in [0, 0.1) is 0 Å². The van der Waals surface area contributed by atoms with Gasteiger partial charge in [0, 0.05) is 5.39 Å². The number of ether oxygens (including phenoxy) is 1. The van der Waals surface area contributed by atoms with Crippen molar-refractivity contribution in [1.82, 2.24) is 10.3 Å². The number of nitrogens with one attached hydrogen (secondary N) is 1. The molecule has 1 aromatic heterocycles. The molecule has 0 bridgehead atoms. The van der Waals surface area contributed by atoms with Crippen molar-refractivity contribution in [1.29, 1.82) is 0 Å². The first-order chi connectivity index (χ1) is 17.0. The molecule has 0 radical (unpaired) electrons. The van der Waals surface area contributed by atoms with E-state index in [-0.39, 0.29) is 5.91 Å². The Hall–Kier alpha value is -3.07. The van der Waals surface area contributed by atoms with Crippen molar-refractivity contribution in [3.8, 4) is 5.75 Å². The summed E-state index contributed by atoms with van der Waals surface area (Å²) in [7, 11) is 0. The van der Waals surface area contributed by atoms with Gasteiger partial charge in [0.1, 0.15) is 0 Å². The Bertz CT molecular complexity index is 1320. The Morgan fingerprint density at radius 3 is 2.46 bits per heavy atom. The van der Waals surface area contributed by atoms with E-state index < -0.39 is 14.7 Å². The second kappa shape index (κ2) is 12.1. The van der Waals surface area contributed by atoms with Gasteiger partial charge in [0.15, 0.2) is 0 Å². The van der Waals surface area contributed by atoms with E-state index in [0.717, 1.165) is 38.7 Å². The molecule has 4 nitrogen and oxygen atoms in total. The third kappa shape index (κ3) is 7.21. The number of carbonyl (C=O) groups excluding carboxylic acids is 1. The molecule has 0 spiro atoms. The molecule has 178 valence electrons. The van der Waals surface area contributed by atoms with Gasteiger partial charge in [-0.1, -0.05) is 24.3 Å². The van der Waals surface area contributed by atoms with Crippen LogP contribution in [0.5, 0.6) is 5.75 Å². The summed E-state index contributed by atoms with van der Waals surface area (Å²) in [5, 5.41) is 5.93. The van der Waals surface area contributed by atoms with Crippen molar-refractivity contribution in [2.75, 3.05) is 6.54 Å². The molecule has 6 heteroatoms. The number of hydrogen-bond donors (Lipinski definition) is 1. The van der Waals surface area contributed by atoms with Crippen LogP contribution < -0.4 is 10.1 Å². The van der Waals surface area contributed by atoms with Crippen LogP contribution in [0.3, 0.4) is 0 Å². The van der Waals surface area contributed by atoms with Crippen LogP contribution >= 0.6 is 11.6 Å². The van der Waals surface area contributed by atoms with Crippen LogP contribution in [0.15, 0.2) is 84.9 Å². The minimum absolute atomic E-state index is 0.0789. The number of halogens is 1. The fraction of sp³-hybridized carbons (Fsp3) is 0.172. The van der Waals surface area contributed by atoms with Crippen molar-refractivity contribution < 1.29 is 9.53 Å². The third-order valence-electron chi connectivity index (χ3n) is 5.48. The predicted molar refractivity (Wildman–Crippen MR) is 147 cm³/mol. The number of aromatic nitrogens is 1. The van der Waals surface area contributed by atoms with E-state index in [9.17, 15) is 4.79 Å². The number of fused-ring (bicyclic) bond motifs is 1. The Morgan fingerprint density at radius 1 is 0.971 bits per heavy atom. The Labute approximate surface area is 216 Å². The van der Waals surface area contributed by atoms with Crippen LogP contribution in [0.25, 0.3) is 22.6 Å². The molecule has 4 aromatic rings. The summed E-state index contributed by atoms with van der Waals surface area (Å²) in [6.45, 7) is 1.07. The van der Waals surface area contributed by atoms with E-state index in [4.69, 9.17) is 16.3 Å². The zero-order valence-corrected chi connectivity index (χ0v) is 22.5. The summed E-state index contributed by atoms with van der Waals surface area (Å²) in [6.07, 6.45) is 1.90. The van der Waals surface area contributed by atoms with Crippen LogP contribution in [-0.2, 0) is 11.4 Å². The molecule has 0 aliphatic rings. The zero-order chi connectivity index (χ0) is 24.6. The summed E-state index contributed by atoms with van der Waals surface area (Å²) < 4.78 is 5.97. The number of amides is 1. The molecule has 0 aliphatic carbocycles. The quantitative estimate of drug-likeness (QED) is 0.141. The molecule has 1 amide bonds. The molecule has 0 saturated carbocycles. The molecule has 0 unspecified atom stereocenters. The molecule has 1 heterocycles. The van der Waals surface area contributed by atoms with E-state index in [2.05, 4.69) is 27.8 Å². The van der Waals surface area contributed by atoms with E-state index in [1.54, 1.807) is 0 Å². The maximum absolute atomic E-state index is 13.1. The molecule has 0 fully saturated rings. The van der Waals surface area contributed by atoms with Gasteiger partial charge in [-0.25, -0.2) is 4.98 Å². The van der Waals surface area contributed by atoms with E-state index in [1.165, 1.54) is 0 Å². The van der Waals surface area contributed by atoms with Crippen molar-refractivity contribution in [3.05, 3.63) is 107 Å². The van der Waals surface area contributed by atoms with E-state index in [1.807, 2.05) is 84.9 Å².